The van der Waals surface area contributed by atoms with E-state index in [1.54, 1.807) is 4.52 Å². The molecular weight excluding hydrogens is 837 g/mol. The lowest BCUT2D eigenvalue weighted by Crippen LogP contribution is -2.58. The zero-order valence-corrected chi connectivity index (χ0v) is 37.4. The fourth-order valence-corrected chi connectivity index (χ4v) is 11.0. The van der Waals surface area contributed by atoms with Gasteiger partial charge in [0.05, 0.1) is 23.0 Å². The molecule has 0 spiro atoms. The normalized spacial score (nSPS) is 26.0. The number of hydrogen-bond donors (Lipinski definition) is 3. The molecule has 3 aliphatic carbocycles. The van der Waals surface area contributed by atoms with E-state index in [1.807, 2.05) is 54.6 Å². The first kappa shape index (κ1) is 43.5. The van der Waals surface area contributed by atoms with Gasteiger partial charge >= 0.3 is 6.09 Å². The molecule has 2 aromatic carbocycles. The van der Waals surface area contributed by atoms with Crippen LogP contribution >= 0.6 is 0 Å². The molecule has 2 aromatic heterocycles. The number of sulfonamides is 1. The third-order valence-electron chi connectivity index (χ3n) is 13.5. The number of rotatable bonds is 11. The van der Waals surface area contributed by atoms with Crippen molar-refractivity contribution in [1.82, 2.24) is 34.9 Å². The van der Waals surface area contributed by atoms with Gasteiger partial charge in [-0.15, -0.1) is 0 Å². The van der Waals surface area contributed by atoms with Crippen LogP contribution in [0, 0.1) is 5.92 Å². The summed E-state index contributed by atoms with van der Waals surface area (Å²) in [7, 11) is -3.92. The zero-order valence-electron chi connectivity index (χ0n) is 36.5. The molecule has 0 bridgehead atoms. The van der Waals surface area contributed by atoms with E-state index in [0.717, 1.165) is 68.3 Å². The second-order valence-corrected chi connectivity index (χ2v) is 19.9. The van der Waals surface area contributed by atoms with E-state index in [4.69, 9.17) is 19.6 Å². The van der Waals surface area contributed by atoms with E-state index >= 15 is 0 Å². The molecule has 3 N–H and O–H groups in total. The van der Waals surface area contributed by atoms with Crippen LogP contribution in [0.5, 0.6) is 5.88 Å². The number of fused-ring (bicyclic) bond motifs is 5. The Kier molecular flexibility index (Phi) is 12.3. The Balaban J connectivity index is 1.05. The van der Waals surface area contributed by atoms with Gasteiger partial charge in [0.2, 0.25) is 27.7 Å². The van der Waals surface area contributed by atoms with Gasteiger partial charge in [-0.2, -0.15) is 9.61 Å². The number of anilines is 1. The molecule has 16 nitrogen and oxygen atoms in total. The number of carbonyl (C=O) groups is 4. The van der Waals surface area contributed by atoms with Crippen molar-refractivity contribution in [3.05, 3.63) is 66.7 Å². The second kappa shape index (κ2) is 18.0. The zero-order chi connectivity index (χ0) is 44.6. The summed E-state index contributed by atoms with van der Waals surface area (Å²) in [6.07, 6.45) is 10.1. The maximum absolute atomic E-state index is 14.9. The molecule has 64 heavy (non-hydrogen) atoms. The largest absolute Gasteiger partial charge is 0.472 e. The van der Waals surface area contributed by atoms with E-state index in [2.05, 4.69) is 46.2 Å². The van der Waals surface area contributed by atoms with Crippen molar-refractivity contribution in [2.45, 2.75) is 132 Å². The number of nitrogens with one attached hydrogen (secondary N) is 3. The summed E-state index contributed by atoms with van der Waals surface area (Å²) < 4.78 is 42.5. The summed E-state index contributed by atoms with van der Waals surface area (Å²) in [6, 6.07) is 15.5. The SMILES string of the molecule is CCN(CC)c1ccc(-c2cc(O[C@@H]3C[C@H]4C(=O)N[C@]5(C(=O)NS(=O)(=O)C6CC6)C[C@H]5/C=C\CCCCC[C@@H](NC(=O)OC5CCCC5)C(=O)N4C3)n3nc4ccccc4c3n2)cc1. The molecule has 4 amide bonds. The number of carbonyl (C=O) groups excluding carboxylic acids is 4. The maximum atomic E-state index is 14.9. The molecule has 5 atom stereocenters. The van der Waals surface area contributed by atoms with E-state index in [0.29, 0.717) is 54.8 Å². The van der Waals surface area contributed by atoms with Gasteiger partial charge in [0, 0.05) is 48.1 Å². The lowest BCUT2D eigenvalue weighted by molar-refractivity contribution is -0.141. The van der Waals surface area contributed by atoms with Crippen molar-refractivity contribution in [3.8, 4) is 17.1 Å². The predicted molar refractivity (Wildman–Crippen MR) is 241 cm³/mol. The first-order chi connectivity index (χ1) is 31.0. The van der Waals surface area contributed by atoms with Gasteiger partial charge in [-0.05, 0) is 102 Å². The smallest absolute Gasteiger partial charge is 0.408 e. The van der Waals surface area contributed by atoms with Crippen LogP contribution in [0.3, 0.4) is 0 Å². The lowest BCUT2D eigenvalue weighted by atomic mass is 10.0. The lowest BCUT2D eigenvalue weighted by Gasteiger charge is -2.30. The van der Waals surface area contributed by atoms with E-state index in [1.165, 1.54) is 4.90 Å². The quantitative estimate of drug-likeness (QED) is 0.155. The van der Waals surface area contributed by atoms with Crippen molar-refractivity contribution in [1.29, 1.82) is 0 Å². The van der Waals surface area contributed by atoms with Crippen LogP contribution in [-0.4, -0.2) is 106 Å². The van der Waals surface area contributed by atoms with Crippen LogP contribution < -0.4 is 25.0 Å². The second-order valence-electron chi connectivity index (χ2n) is 18.0. The highest BCUT2D eigenvalue weighted by Gasteiger charge is 2.62. The van der Waals surface area contributed by atoms with Crippen molar-refractivity contribution in [2.24, 2.45) is 5.92 Å². The van der Waals surface area contributed by atoms with Crippen molar-refractivity contribution < 1.29 is 37.1 Å². The van der Waals surface area contributed by atoms with Gasteiger partial charge in [-0.1, -0.05) is 49.3 Å². The van der Waals surface area contributed by atoms with Crippen LogP contribution in [0.15, 0.2) is 66.7 Å². The molecule has 3 saturated carbocycles. The number of aromatic nitrogens is 3. The van der Waals surface area contributed by atoms with Crippen LogP contribution in [-0.2, 0) is 29.1 Å². The van der Waals surface area contributed by atoms with Crippen LogP contribution in [0.25, 0.3) is 27.8 Å². The number of hydrogen-bond acceptors (Lipinski definition) is 11. The maximum Gasteiger partial charge on any atom is 0.408 e. The first-order valence-electron chi connectivity index (χ1n) is 23.1. The summed E-state index contributed by atoms with van der Waals surface area (Å²) in [5.41, 5.74) is 2.36. The molecule has 5 aliphatic rings. The summed E-state index contributed by atoms with van der Waals surface area (Å²) in [4.78, 5) is 65.6. The molecule has 4 fully saturated rings. The molecule has 0 radical (unpaired) electrons. The van der Waals surface area contributed by atoms with Crippen LogP contribution in [0.4, 0.5) is 10.5 Å². The molecule has 4 heterocycles. The van der Waals surface area contributed by atoms with Crippen LogP contribution in [0.1, 0.15) is 97.3 Å². The molecule has 2 aliphatic heterocycles. The summed E-state index contributed by atoms with van der Waals surface area (Å²) >= 11 is 0. The fraction of sp³-hybridized carbons (Fsp3) is 0.532. The van der Waals surface area contributed by atoms with E-state index in [9.17, 15) is 27.6 Å². The number of alkyl carbamates (subject to hydrolysis) is 1. The Morgan fingerprint density at radius 1 is 0.938 bits per heavy atom. The fourth-order valence-electron chi connectivity index (χ4n) is 9.62. The average molecular weight is 895 g/mol. The number of amides is 4. The van der Waals surface area contributed by atoms with Crippen LogP contribution in [0.2, 0.25) is 0 Å². The Hall–Kier alpha value is -5.71. The minimum Gasteiger partial charge on any atom is -0.472 e. The van der Waals surface area contributed by atoms with Crippen molar-refractivity contribution >= 4 is 56.1 Å². The van der Waals surface area contributed by atoms with Gasteiger partial charge in [-0.25, -0.2) is 18.2 Å². The molecule has 340 valence electrons. The predicted octanol–water partition coefficient (Wildman–Crippen LogP) is 5.79. The summed E-state index contributed by atoms with van der Waals surface area (Å²) in [6.45, 7) is 5.95. The molecule has 4 aromatic rings. The molecule has 0 unspecified atom stereocenters. The summed E-state index contributed by atoms with van der Waals surface area (Å²) in [5, 5.41) is 10.8. The Morgan fingerprint density at radius 2 is 1.69 bits per heavy atom. The minimum absolute atomic E-state index is 0.0239. The Morgan fingerprint density at radius 3 is 2.44 bits per heavy atom. The minimum atomic E-state index is -3.92. The van der Waals surface area contributed by atoms with Crippen molar-refractivity contribution in [3.63, 3.8) is 0 Å². The van der Waals surface area contributed by atoms with E-state index < -0.39 is 68.7 Å². The van der Waals surface area contributed by atoms with Gasteiger partial charge in [0.1, 0.15) is 29.8 Å². The number of benzene rings is 2. The van der Waals surface area contributed by atoms with Gasteiger partial charge in [0.25, 0.3) is 5.91 Å². The number of ether oxygens (including phenoxy) is 2. The standard InChI is InChI=1S/C47H58N8O8S/c1-3-53(4-2)32-22-20-30(21-23-32)39-27-41(55-42(48-39)36-17-12-13-18-37(36)51-55)62-34-26-40-43(56)50-47(45(58)52-64(60,61)35-24-25-35)28-31(47)14-8-6-5-7-9-19-38(44(57)54(40)29-34)49-46(59)63-33-15-10-11-16-33/h8,12-14,17-18,20-23,27,31,33-35,38,40H,3-7,9-11,15-16,19,24-26,28-29H2,1-2H3,(H,49,59)(H,50,56)(H,52,58)/b14-8-/t31-,34-,38-,40+,47-/m1/s1. The summed E-state index contributed by atoms with van der Waals surface area (Å²) in [5.74, 6) is -1.95. The van der Waals surface area contributed by atoms with Gasteiger partial charge < -0.3 is 29.9 Å². The number of nitrogens with zero attached hydrogens (tertiary/aromatic N) is 5. The third kappa shape index (κ3) is 9.00. The Bertz CT molecular complexity index is 2550. The Labute approximate surface area is 373 Å². The average Bonchev–Trinajstić information content (AvgIpc) is 4.10. The molecule has 1 saturated heterocycles. The highest BCUT2D eigenvalue weighted by Crippen LogP contribution is 2.46. The van der Waals surface area contributed by atoms with Gasteiger partial charge in [0.15, 0.2) is 5.65 Å². The highest BCUT2D eigenvalue weighted by atomic mass is 32.2. The topological polar surface area (TPSA) is 194 Å². The third-order valence-corrected chi connectivity index (χ3v) is 15.4. The molecule has 17 heteroatoms. The van der Waals surface area contributed by atoms with Crippen molar-refractivity contribution in [2.75, 3.05) is 24.5 Å². The van der Waals surface area contributed by atoms with E-state index in [-0.39, 0.29) is 25.5 Å². The highest BCUT2D eigenvalue weighted by molar-refractivity contribution is 7.91. The number of allylic oxidation sites excluding steroid dienone is 1. The molecule has 9 rings (SSSR count). The molecular formula is C47H58N8O8S. The first-order valence-corrected chi connectivity index (χ1v) is 24.6. The van der Waals surface area contributed by atoms with Gasteiger partial charge in [-0.3, -0.25) is 19.1 Å². The monoisotopic (exact) mass is 894 g/mol.